The number of carbonyl (C=O) groups is 1. The maximum atomic E-state index is 14.3. The highest BCUT2D eigenvalue weighted by atomic mass is 35.5. The lowest BCUT2D eigenvalue weighted by Crippen LogP contribution is -2.52. The van der Waals surface area contributed by atoms with Gasteiger partial charge in [-0.25, -0.2) is 13.6 Å². The highest BCUT2D eigenvalue weighted by molar-refractivity contribution is 5.85. The van der Waals surface area contributed by atoms with E-state index in [2.05, 4.69) is 5.32 Å². The highest BCUT2D eigenvalue weighted by Gasteiger charge is 2.37. The molecule has 0 spiro atoms. The molecule has 2 amide bonds. The Labute approximate surface area is 195 Å². The quantitative estimate of drug-likeness (QED) is 0.536. The van der Waals surface area contributed by atoms with E-state index in [4.69, 9.17) is 0 Å². The van der Waals surface area contributed by atoms with Crippen molar-refractivity contribution in [2.75, 3.05) is 26.7 Å². The lowest BCUT2D eigenvalue weighted by Gasteiger charge is -2.39. The fourth-order valence-corrected chi connectivity index (χ4v) is 3.65. The normalized spacial score (nSPS) is 16.7. The number of hydrogen-bond acceptors (Lipinski definition) is 2. The van der Waals surface area contributed by atoms with Crippen LogP contribution < -0.4 is 5.32 Å². The molecule has 188 valence electrons. The highest BCUT2D eigenvalue weighted by Crippen LogP contribution is 2.36. The summed E-state index contributed by atoms with van der Waals surface area (Å²) >= 11 is 0. The summed E-state index contributed by atoms with van der Waals surface area (Å²) in [6.07, 6.45) is -10.0. The number of benzene rings is 2. The van der Waals surface area contributed by atoms with E-state index in [0.29, 0.717) is 24.7 Å². The molecule has 13 heteroatoms. The minimum atomic E-state index is -5.01. The molecule has 4 nitrogen and oxygen atoms in total. The van der Waals surface area contributed by atoms with Gasteiger partial charge in [0.15, 0.2) is 0 Å². The lowest BCUT2D eigenvalue weighted by molar-refractivity contribution is -0.143. The van der Waals surface area contributed by atoms with Gasteiger partial charge in [-0.3, -0.25) is 0 Å². The molecule has 3 rings (SSSR count). The number of alkyl halides is 6. The zero-order chi connectivity index (χ0) is 24.6. The maximum absolute atomic E-state index is 14.3. The van der Waals surface area contributed by atoms with Crippen molar-refractivity contribution in [2.24, 2.45) is 0 Å². The minimum absolute atomic E-state index is 0. The molecule has 1 aliphatic heterocycles. The molecule has 1 unspecified atom stereocenters. The van der Waals surface area contributed by atoms with E-state index in [1.54, 1.807) is 0 Å². The third-order valence-corrected chi connectivity index (χ3v) is 5.20. The fraction of sp³-hybridized carbons (Fsp3) is 0.381. The first-order chi connectivity index (χ1) is 15.3. The number of nitrogens with zero attached hydrogens (tertiary/aromatic N) is 2. The lowest BCUT2D eigenvalue weighted by atomic mass is 10.0. The molecule has 1 fully saturated rings. The van der Waals surface area contributed by atoms with Crippen LogP contribution in [0.3, 0.4) is 0 Å². The van der Waals surface area contributed by atoms with Crippen molar-refractivity contribution < 1.29 is 39.9 Å². The smallest absolute Gasteiger partial charge is 0.323 e. The third kappa shape index (κ3) is 6.29. The number of rotatable bonds is 3. The molecule has 34 heavy (non-hydrogen) atoms. The van der Waals surface area contributed by atoms with Crippen LogP contribution in [-0.2, 0) is 18.9 Å². The van der Waals surface area contributed by atoms with E-state index < -0.39 is 53.7 Å². The van der Waals surface area contributed by atoms with Crippen LogP contribution in [-0.4, -0.2) is 42.5 Å². The van der Waals surface area contributed by atoms with E-state index in [0.717, 1.165) is 11.0 Å². The summed E-state index contributed by atoms with van der Waals surface area (Å²) in [6, 6.07) is 2.41. The van der Waals surface area contributed by atoms with Gasteiger partial charge in [0.05, 0.1) is 17.2 Å². The Kier molecular flexibility index (Phi) is 8.41. The molecule has 2 aromatic rings. The number of urea groups is 1. The van der Waals surface area contributed by atoms with Gasteiger partial charge in [0.1, 0.15) is 11.6 Å². The van der Waals surface area contributed by atoms with E-state index in [9.17, 15) is 39.9 Å². The predicted octanol–water partition coefficient (Wildman–Crippen LogP) is 5.62. The molecular formula is C21H20ClF8N3O. The van der Waals surface area contributed by atoms with Gasteiger partial charge in [-0.1, -0.05) is 6.07 Å². The third-order valence-electron chi connectivity index (χ3n) is 5.20. The number of piperazine rings is 1. The predicted molar refractivity (Wildman–Crippen MR) is 109 cm³/mol. The second-order valence-corrected chi connectivity index (χ2v) is 7.63. The van der Waals surface area contributed by atoms with Gasteiger partial charge in [-0.2, -0.15) is 26.3 Å². The fourth-order valence-electron chi connectivity index (χ4n) is 3.65. The van der Waals surface area contributed by atoms with Crippen molar-refractivity contribution >= 4 is 18.4 Å². The zero-order valence-electron chi connectivity index (χ0n) is 17.6. The van der Waals surface area contributed by atoms with Gasteiger partial charge >= 0.3 is 18.4 Å². The van der Waals surface area contributed by atoms with Crippen LogP contribution in [0.2, 0.25) is 0 Å². The molecule has 0 aromatic heterocycles. The van der Waals surface area contributed by atoms with Gasteiger partial charge < -0.3 is 15.1 Å². The largest absolute Gasteiger partial charge is 0.416 e. The molecule has 1 saturated heterocycles. The standard InChI is InChI=1S/C21H19F8N3O.ClH/c1-31(11-12-6-13(20(24,25)26)8-14(7-12)21(27,28)29)19(33)32-5-4-30-10-18(32)16-3-2-15(22)9-17(16)23;/h2-3,6-9,18,30H,4-5,10-11H2,1H3;1H. The zero-order valence-corrected chi connectivity index (χ0v) is 18.4. The summed E-state index contributed by atoms with van der Waals surface area (Å²) in [7, 11) is 1.22. The Bertz CT molecular complexity index is 996. The summed E-state index contributed by atoms with van der Waals surface area (Å²) in [5.41, 5.74) is -3.31. The van der Waals surface area contributed by atoms with Crippen LogP contribution in [0.25, 0.3) is 0 Å². The summed E-state index contributed by atoms with van der Waals surface area (Å²) in [5, 5.41) is 2.97. The van der Waals surface area contributed by atoms with Crippen LogP contribution in [0.1, 0.15) is 28.3 Å². The number of nitrogens with one attached hydrogen (secondary N) is 1. The maximum Gasteiger partial charge on any atom is 0.416 e. The summed E-state index contributed by atoms with van der Waals surface area (Å²) in [4.78, 5) is 15.2. The van der Waals surface area contributed by atoms with E-state index in [1.165, 1.54) is 18.0 Å². The van der Waals surface area contributed by atoms with E-state index in [-0.39, 0.29) is 42.7 Å². The van der Waals surface area contributed by atoms with Crippen LogP contribution in [0.4, 0.5) is 39.9 Å². The van der Waals surface area contributed by atoms with Gasteiger partial charge in [0.2, 0.25) is 0 Å². The molecule has 0 aliphatic carbocycles. The molecule has 1 heterocycles. The Morgan fingerprint density at radius 2 is 1.62 bits per heavy atom. The van der Waals surface area contributed by atoms with E-state index >= 15 is 0 Å². The number of carbonyl (C=O) groups excluding carboxylic acids is 1. The van der Waals surface area contributed by atoms with Gasteiger partial charge in [0.25, 0.3) is 0 Å². The summed E-state index contributed by atoms with van der Waals surface area (Å²) < 4.78 is 106. The summed E-state index contributed by atoms with van der Waals surface area (Å²) in [5.74, 6) is -1.68. The minimum Gasteiger partial charge on any atom is -0.323 e. The first-order valence-electron chi connectivity index (χ1n) is 9.73. The molecule has 0 radical (unpaired) electrons. The topological polar surface area (TPSA) is 35.6 Å². The molecule has 1 N–H and O–H groups in total. The molecular weight excluding hydrogens is 498 g/mol. The van der Waals surface area contributed by atoms with E-state index in [1.807, 2.05) is 0 Å². The van der Waals surface area contributed by atoms with Crippen LogP contribution in [0, 0.1) is 11.6 Å². The number of hydrogen-bond donors (Lipinski definition) is 1. The first-order valence-corrected chi connectivity index (χ1v) is 9.73. The van der Waals surface area contributed by atoms with Gasteiger partial charge in [-0.15, -0.1) is 12.4 Å². The van der Waals surface area contributed by atoms with Crippen molar-refractivity contribution in [3.05, 3.63) is 70.3 Å². The van der Waals surface area contributed by atoms with Gasteiger partial charge in [-0.05, 0) is 29.8 Å². The van der Waals surface area contributed by atoms with Crippen molar-refractivity contribution in [1.82, 2.24) is 15.1 Å². The van der Waals surface area contributed by atoms with Crippen molar-refractivity contribution in [3.63, 3.8) is 0 Å². The Hall–Kier alpha value is -2.60. The van der Waals surface area contributed by atoms with Crippen molar-refractivity contribution in [2.45, 2.75) is 24.9 Å². The number of amides is 2. The molecule has 2 aromatic carbocycles. The monoisotopic (exact) mass is 517 g/mol. The molecule has 0 saturated carbocycles. The average molecular weight is 518 g/mol. The summed E-state index contributed by atoms with van der Waals surface area (Å²) in [6.45, 7) is 0.0139. The Morgan fingerprint density at radius 1 is 1.03 bits per heavy atom. The second kappa shape index (κ2) is 10.3. The van der Waals surface area contributed by atoms with Crippen LogP contribution in [0.5, 0.6) is 0 Å². The molecule has 1 aliphatic rings. The molecule has 1 atom stereocenters. The van der Waals surface area contributed by atoms with Crippen molar-refractivity contribution in [1.29, 1.82) is 0 Å². The van der Waals surface area contributed by atoms with Crippen molar-refractivity contribution in [3.8, 4) is 0 Å². The average Bonchev–Trinajstić information content (AvgIpc) is 2.72. The van der Waals surface area contributed by atoms with Crippen LogP contribution >= 0.6 is 12.4 Å². The molecule has 0 bridgehead atoms. The second-order valence-electron chi connectivity index (χ2n) is 7.63. The van der Waals surface area contributed by atoms with Crippen LogP contribution in [0.15, 0.2) is 36.4 Å². The SMILES string of the molecule is CN(Cc1cc(C(F)(F)F)cc(C(F)(F)F)c1)C(=O)N1CCNCC1c1ccc(F)cc1F.Cl. The Morgan fingerprint density at radius 3 is 2.15 bits per heavy atom. The Balaban J connectivity index is 0.00000408. The first kappa shape index (κ1) is 27.6. The van der Waals surface area contributed by atoms with Gasteiger partial charge in [0, 0.05) is 44.9 Å². The number of halogens is 9.